The molecule has 1 fully saturated rings. The molecule has 1 atom stereocenters. The number of benzene rings is 2. The summed E-state index contributed by atoms with van der Waals surface area (Å²) in [5, 5.41) is 7.12. The summed E-state index contributed by atoms with van der Waals surface area (Å²) in [5.74, 6) is -2.24. The van der Waals surface area contributed by atoms with E-state index in [0.717, 1.165) is 42.5 Å². The first-order valence-electron chi connectivity index (χ1n) is 11.8. The Bertz CT molecular complexity index is 1220. The fourth-order valence-corrected chi connectivity index (χ4v) is 4.77. The third-order valence-electron chi connectivity index (χ3n) is 6.28. The van der Waals surface area contributed by atoms with Crippen molar-refractivity contribution in [3.05, 3.63) is 82.3 Å². The van der Waals surface area contributed by atoms with Gasteiger partial charge in [0, 0.05) is 35.4 Å². The molecule has 3 aromatic rings. The Kier molecular flexibility index (Phi) is 8.21. The second-order valence-corrected chi connectivity index (χ2v) is 10.0. The fraction of sp³-hybridized carbons (Fsp3) is 0.346. The van der Waals surface area contributed by atoms with E-state index in [-0.39, 0.29) is 12.0 Å². The maximum atomic E-state index is 13.3. The molecule has 11 heteroatoms. The molecule has 5 rings (SSSR count). The quantitative estimate of drug-likeness (QED) is 0.435. The standard InChI is InChI=1S/C24H25BrN4O.C2HF3O2/c25-20-8-9-23-19(11-20)13-29(24(30)18-6-7-18)22(10-17-4-2-1-3-5-17)15-28(23)14-21-12-26-16-27-21;3-2(4,5)1(6)7/h1-5,8-9,11-12,16,18,22H,6-7,10,13-15H2,(H,26,27);(H,6,7)/t22-;/m1./s1. The molecule has 1 aliphatic carbocycles. The summed E-state index contributed by atoms with van der Waals surface area (Å²) in [6, 6.07) is 17.1. The lowest BCUT2D eigenvalue weighted by Crippen LogP contribution is -2.46. The summed E-state index contributed by atoms with van der Waals surface area (Å²) in [6.07, 6.45) is 1.42. The van der Waals surface area contributed by atoms with Gasteiger partial charge < -0.3 is 19.9 Å². The van der Waals surface area contributed by atoms with Crippen molar-refractivity contribution in [3.8, 4) is 0 Å². The van der Waals surface area contributed by atoms with Crippen LogP contribution in [0.15, 0.2) is 65.5 Å². The van der Waals surface area contributed by atoms with Crippen LogP contribution >= 0.6 is 15.9 Å². The summed E-state index contributed by atoms with van der Waals surface area (Å²) >= 11 is 3.63. The summed E-state index contributed by atoms with van der Waals surface area (Å²) in [4.78, 5) is 34.2. The second kappa shape index (κ2) is 11.4. The molecule has 1 aliphatic heterocycles. The molecule has 0 radical (unpaired) electrons. The van der Waals surface area contributed by atoms with Crippen LogP contribution in [0, 0.1) is 5.92 Å². The average Bonchev–Trinajstić information content (AvgIpc) is 3.60. The van der Waals surface area contributed by atoms with Crippen molar-refractivity contribution in [2.45, 2.75) is 44.6 Å². The number of nitrogens with one attached hydrogen (secondary N) is 1. The van der Waals surface area contributed by atoms with Crippen LogP contribution in [0.4, 0.5) is 18.9 Å². The highest BCUT2D eigenvalue weighted by molar-refractivity contribution is 9.10. The Hall–Kier alpha value is -3.34. The number of carboxylic acids is 1. The number of H-pyrrole nitrogens is 1. The fourth-order valence-electron chi connectivity index (χ4n) is 4.36. The van der Waals surface area contributed by atoms with Gasteiger partial charge in [-0.2, -0.15) is 13.2 Å². The van der Waals surface area contributed by atoms with Crippen molar-refractivity contribution in [1.82, 2.24) is 14.9 Å². The Balaban J connectivity index is 0.000000405. The van der Waals surface area contributed by atoms with Crippen molar-refractivity contribution in [1.29, 1.82) is 0 Å². The van der Waals surface area contributed by atoms with Gasteiger partial charge in [0.25, 0.3) is 0 Å². The molecule has 196 valence electrons. The molecule has 2 aromatic carbocycles. The van der Waals surface area contributed by atoms with Crippen LogP contribution in [0.2, 0.25) is 0 Å². The normalized spacial score (nSPS) is 17.4. The van der Waals surface area contributed by atoms with Gasteiger partial charge >= 0.3 is 12.1 Å². The van der Waals surface area contributed by atoms with Crippen molar-refractivity contribution >= 4 is 33.5 Å². The first kappa shape index (κ1) is 26.7. The minimum absolute atomic E-state index is 0.120. The van der Waals surface area contributed by atoms with Crippen molar-refractivity contribution < 1.29 is 27.9 Å². The molecule has 2 N–H and O–H groups in total. The van der Waals surface area contributed by atoms with Gasteiger partial charge in [0.1, 0.15) is 0 Å². The van der Waals surface area contributed by atoms with Gasteiger partial charge in [-0.1, -0.05) is 46.3 Å². The number of aromatic amines is 1. The van der Waals surface area contributed by atoms with Crippen LogP contribution in [0.3, 0.4) is 0 Å². The van der Waals surface area contributed by atoms with E-state index in [1.54, 1.807) is 6.33 Å². The summed E-state index contributed by atoms with van der Waals surface area (Å²) in [5.41, 5.74) is 4.72. The smallest absolute Gasteiger partial charge is 0.475 e. The van der Waals surface area contributed by atoms with Crippen LogP contribution in [0.25, 0.3) is 0 Å². The average molecular weight is 579 g/mol. The van der Waals surface area contributed by atoms with Crippen molar-refractivity contribution in [2.24, 2.45) is 5.92 Å². The Morgan fingerprint density at radius 1 is 1.14 bits per heavy atom. The maximum Gasteiger partial charge on any atom is 0.490 e. The predicted molar refractivity (Wildman–Crippen MR) is 135 cm³/mol. The number of halogens is 4. The number of fused-ring (bicyclic) bond motifs is 1. The van der Waals surface area contributed by atoms with Gasteiger partial charge in [-0.3, -0.25) is 4.79 Å². The molecule has 1 amide bonds. The van der Waals surface area contributed by atoms with E-state index in [1.807, 2.05) is 12.3 Å². The van der Waals surface area contributed by atoms with E-state index in [4.69, 9.17) is 9.90 Å². The number of carbonyl (C=O) groups is 2. The number of hydrogen-bond acceptors (Lipinski definition) is 4. The number of aliphatic carboxylic acids is 1. The molecule has 0 saturated heterocycles. The monoisotopic (exact) mass is 578 g/mol. The molecule has 1 aromatic heterocycles. The van der Waals surface area contributed by atoms with Crippen LogP contribution < -0.4 is 4.90 Å². The van der Waals surface area contributed by atoms with Gasteiger partial charge in [-0.05, 0) is 48.6 Å². The number of alkyl halides is 3. The van der Waals surface area contributed by atoms with E-state index in [2.05, 4.69) is 78.2 Å². The number of carboxylic acid groups (broad SMARTS) is 1. The minimum atomic E-state index is -5.08. The molecule has 0 spiro atoms. The third-order valence-corrected chi connectivity index (χ3v) is 6.77. The van der Waals surface area contributed by atoms with Crippen molar-refractivity contribution in [2.75, 3.05) is 11.4 Å². The molecule has 1 saturated carbocycles. The predicted octanol–water partition coefficient (Wildman–Crippen LogP) is 5.18. The number of aromatic nitrogens is 2. The zero-order chi connectivity index (χ0) is 26.6. The first-order valence-corrected chi connectivity index (χ1v) is 12.6. The van der Waals surface area contributed by atoms with Gasteiger partial charge in [-0.15, -0.1) is 0 Å². The lowest BCUT2D eigenvalue weighted by atomic mass is 10.0. The summed E-state index contributed by atoms with van der Waals surface area (Å²) in [6.45, 7) is 2.19. The molecule has 2 heterocycles. The molecular weight excluding hydrogens is 553 g/mol. The molecule has 37 heavy (non-hydrogen) atoms. The number of amides is 1. The lowest BCUT2D eigenvalue weighted by Gasteiger charge is -2.33. The summed E-state index contributed by atoms with van der Waals surface area (Å²) in [7, 11) is 0. The number of anilines is 1. The zero-order valence-corrected chi connectivity index (χ0v) is 21.4. The first-order chi connectivity index (χ1) is 17.6. The lowest BCUT2D eigenvalue weighted by molar-refractivity contribution is -0.192. The van der Waals surface area contributed by atoms with E-state index in [9.17, 15) is 18.0 Å². The van der Waals surface area contributed by atoms with E-state index in [1.165, 1.54) is 16.8 Å². The van der Waals surface area contributed by atoms with Crippen LogP contribution in [0.5, 0.6) is 0 Å². The van der Waals surface area contributed by atoms with Gasteiger partial charge in [0.15, 0.2) is 0 Å². The molecular formula is C26H26BrF3N4O3. The van der Waals surface area contributed by atoms with Crippen molar-refractivity contribution in [3.63, 3.8) is 0 Å². The van der Waals surface area contributed by atoms with Gasteiger partial charge in [0.2, 0.25) is 5.91 Å². The largest absolute Gasteiger partial charge is 0.490 e. The number of rotatable bonds is 5. The topological polar surface area (TPSA) is 89.5 Å². The molecule has 2 aliphatic rings. The number of imidazole rings is 1. The zero-order valence-electron chi connectivity index (χ0n) is 19.8. The van der Waals surface area contributed by atoms with Crippen LogP contribution in [0.1, 0.15) is 29.7 Å². The molecule has 7 nitrogen and oxygen atoms in total. The Labute approximate surface area is 220 Å². The Morgan fingerprint density at radius 3 is 2.43 bits per heavy atom. The highest BCUT2D eigenvalue weighted by Crippen LogP contribution is 2.36. The summed E-state index contributed by atoms with van der Waals surface area (Å²) < 4.78 is 32.8. The highest BCUT2D eigenvalue weighted by atomic mass is 79.9. The van der Waals surface area contributed by atoms with E-state index in [0.29, 0.717) is 12.5 Å². The minimum Gasteiger partial charge on any atom is -0.475 e. The number of carbonyl (C=O) groups excluding carboxylic acids is 1. The maximum absolute atomic E-state index is 13.3. The Morgan fingerprint density at radius 2 is 1.84 bits per heavy atom. The second-order valence-electron chi connectivity index (χ2n) is 9.12. The van der Waals surface area contributed by atoms with E-state index < -0.39 is 12.1 Å². The SMILES string of the molecule is O=C(C1CC1)N1Cc2cc(Br)ccc2N(Cc2cnc[nH]2)C[C@H]1Cc1ccccc1.O=C(O)C(F)(F)F. The van der Waals surface area contributed by atoms with Gasteiger partial charge in [-0.25, -0.2) is 9.78 Å². The number of nitrogens with zero attached hydrogens (tertiary/aromatic N) is 3. The van der Waals surface area contributed by atoms with Crippen LogP contribution in [-0.2, 0) is 29.1 Å². The van der Waals surface area contributed by atoms with E-state index >= 15 is 0 Å². The molecule has 0 unspecified atom stereocenters. The third kappa shape index (κ3) is 7.12. The van der Waals surface area contributed by atoms with Crippen LogP contribution in [-0.4, -0.2) is 50.6 Å². The van der Waals surface area contributed by atoms with Gasteiger partial charge in [0.05, 0.1) is 24.6 Å². The highest BCUT2D eigenvalue weighted by Gasteiger charge is 2.39. The molecule has 0 bridgehead atoms. The number of hydrogen-bond donors (Lipinski definition) is 2.